The fourth-order valence-corrected chi connectivity index (χ4v) is 2.91. The number of hydrogen-bond acceptors (Lipinski definition) is 4. The summed E-state index contributed by atoms with van der Waals surface area (Å²) in [6.07, 6.45) is 5.51. The summed E-state index contributed by atoms with van der Waals surface area (Å²) < 4.78 is 0. The molecule has 0 aliphatic rings. The minimum atomic E-state index is 0.221. The van der Waals surface area contributed by atoms with Crippen LogP contribution in [0.4, 0.5) is 5.82 Å². The predicted octanol–water partition coefficient (Wildman–Crippen LogP) is 4.22. The van der Waals surface area contributed by atoms with Crippen molar-refractivity contribution in [1.29, 1.82) is 0 Å². The Balaban J connectivity index is 1.66. The van der Waals surface area contributed by atoms with Crippen molar-refractivity contribution < 1.29 is 0 Å². The van der Waals surface area contributed by atoms with E-state index in [-0.39, 0.29) is 6.04 Å². The van der Waals surface area contributed by atoms with E-state index in [1.165, 1.54) is 5.56 Å². The van der Waals surface area contributed by atoms with Gasteiger partial charge in [-0.3, -0.25) is 10.1 Å². The van der Waals surface area contributed by atoms with Gasteiger partial charge in [0.05, 0.1) is 29.5 Å². The van der Waals surface area contributed by atoms with Crippen molar-refractivity contribution in [2.45, 2.75) is 13.0 Å². The number of rotatable bonds is 4. The molecule has 0 bridgehead atoms. The van der Waals surface area contributed by atoms with Gasteiger partial charge in [-0.05, 0) is 30.2 Å². The lowest BCUT2D eigenvalue weighted by atomic mass is 10.1. The van der Waals surface area contributed by atoms with Crippen LogP contribution in [0.3, 0.4) is 0 Å². The zero-order valence-electron chi connectivity index (χ0n) is 14.2. The Labute approximate surface area is 146 Å². The molecular formula is C20H19N5. The van der Waals surface area contributed by atoms with Gasteiger partial charge in [-0.1, -0.05) is 36.4 Å². The Morgan fingerprint density at radius 2 is 1.80 bits per heavy atom. The number of aromatic nitrogens is 4. The number of anilines is 1. The molecule has 0 aliphatic heterocycles. The molecule has 2 aromatic heterocycles. The van der Waals surface area contributed by atoms with E-state index in [0.717, 1.165) is 28.0 Å². The fourth-order valence-electron chi connectivity index (χ4n) is 2.91. The number of aromatic amines is 1. The summed E-state index contributed by atoms with van der Waals surface area (Å²) >= 11 is 0. The van der Waals surface area contributed by atoms with Crippen molar-refractivity contribution in [3.8, 4) is 11.1 Å². The van der Waals surface area contributed by atoms with Crippen LogP contribution < -0.4 is 4.90 Å². The Kier molecular flexibility index (Phi) is 3.90. The molecule has 2 heterocycles. The summed E-state index contributed by atoms with van der Waals surface area (Å²) in [5.74, 6) is 0.861. The van der Waals surface area contributed by atoms with E-state index in [0.29, 0.717) is 0 Å². The van der Waals surface area contributed by atoms with Crippen LogP contribution in [0.2, 0.25) is 0 Å². The van der Waals surface area contributed by atoms with E-state index in [9.17, 15) is 0 Å². The summed E-state index contributed by atoms with van der Waals surface area (Å²) in [5, 5.41) is 6.83. The summed E-state index contributed by atoms with van der Waals surface area (Å²) in [4.78, 5) is 11.5. The smallest absolute Gasteiger partial charge is 0.148 e. The van der Waals surface area contributed by atoms with Gasteiger partial charge in [0.25, 0.3) is 0 Å². The first-order valence-corrected chi connectivity index (χ1v) is 8.26. The molecule has 0 saturated heterocycles. The summed E-state index contributed by atoms with van der Waals surface area (Å²) in [6, 6.07) is 16.7. The highest BCUT2D eigenvalue weighted by molar-refractivity contribution is 5.81. The lowest BCUT2D eigenvalue weighted by Gasteiger charge is -2.26. The molecule has 2 aromatic carbocycles. The van der Waals surface area contributed by atoms with Crippen LogP contribution in [-0.4, -0.2) is 27.2 Å². The molecule has 0 spiro atoms. The third-order valence-corrected chi connectivity index (χ3v) is 4.59. The van der Waals surface area contributed by atoms with E-state index in [1.54, 1.807) is 6.20 Å². The fraction of sp³-hybridized carbons (Fsp3) is 0.150. The molecular weight excluding hydrogens is 310 g/mol. The van der Waals surface area contributed by atoms with Crippen molar-refractivity contribution in [3.05, 3.63) is 72.7 Å². The molecule has 4 aromatic rings. The Morgan fingerprint density at radius 3 is 2.56 bits per heavy atom. The SMILES string of the molecule is C[C@@H](c1ccccc1)N(C)c1cnc2cc(-c3cn[nH]c3)ccc2n1. The molecule has 0 fully saturated rings. The first-order valence-electron chi connectivity index (χ1n) is 8.26. The number of fused-ring (bicyclic) bond motifs is 1. The molecule has 0 unspecified atom stereocenters. The van der Waals surface area contributed by atoms with E-state index >= 15 is 0 Å². The van der Waals surface area contributed by atoms with Gasteiger partial charge in [-0.25, -0.2) is 4.98 Å². The van der Waals surface area contributed by atoms with Crippen LogP contribution >= 0.6 is 0 Å². The van der Waals surface area contributed by atoms with E-state index < -0.39 is 0 Å². The molecule has 1 atom stereocenters. The third-order valence-electron chi connectivity index (χ3n) is 4.59. The maximum absolute atomic E-state index is 4.78. The predicted molar refractivity (Wildman–Crippen MR) is 100 cm³/mol. The van der Waals surface area contributed by atoms with Crippen LogP contribution in [0.5, 0.6) is 0 Å². The molecule has 5 nitrogen and oxygen atoms in total. The zero-order valence-corrected chi connectivity index (χ0v) is 14.2. The van der Waals surface area contributed by atoms with Gasteiger partial charge in [0, 0.05) is 18.8 Å². The van der Waals surface area contributed by atoms with E-state index in [1.807, 2.05) is 43.7 Å². The number of H-pyrrole nitrogens is 1. The Morgan fingerprint density at radius 1 is 0.960 bits per heavy atom. The number of benzene rings is 2. The topological polar surface area (TPSA) is 57.7 Å². The molecule has 0 saturated carbocycles. The monoisotopic (exact) mass is 329 g/mol. The lowest BCUT2D eigenvalue weighted by Crippen LogP contribution is -2.22. The molecule has 4 rings (SSSR count). The second-order valence-electron chi connectivity index (χ2n) is 6.12. The lowest BCUT2D eigenvalue weighted by molar-refractivity contribution is 0.728. The first-order chi connectivity index (χ1) is 12.2. The van der Waals surface area contributed by atoms with Gasteiger partial charge in [-0.2, -0.15) is 5.10 Å². The van der Waals surface area contributed by atoms with Gasteiger partial charge in [0.1, 0.15) is 5.82 Å². The normalized spacial score (nSPS) is 12.2. The molecule has 0 amide bonds. The van der Waals surface area contributed by atoms with Gasteiger partial charge < -0.3 is 4.90 Å². The van der Waals surface area contributed by atoms with Crippen LogP contribution in [-0.2, 0) is 0 Å². The van der Waals surface area contributed by atoms with Crippen LogP contribution in [0, 0.1) is 0 Å². The average Bonchev–Trinajstić information content (AvgIpc) is 3.21. The van der Waals surface area contributed by atoms with Gasteiger partial charge in [-0.15, -0.1) is 0 Å². The van der Waals surface area contributed by atoms with Gasteiger partial charge in [0.15, 0.2) is 0 Å². The molecule has 0 aliphatic carbocycles. The number of hydrogen-bond donors (Lipinski definition) is 1. The third kappa shape index (κ3) is 2.96. The van der Waals surface area contributed by atoms with Crippen LogP contribution in [0.25, 0.3) is 22.2 Å². The number of nitrogens with one attached hydrogen (secondary N) is 1. The van der Waals surface area contributed by atoms with Crippen LogP contribution in [0.15, 0.2) is 67.1 Å². The second-order valence-corrected chi connectivity index (χ2v) is 6.12. The average molecular weight is 329 g/mol. The highest BCUT2D eigenvalue weighted by Gasteiger charge is 2.14. The highest BCUT2D eigenvalue weighted by atomic mass is 15.2. The maximum atomic E-state index is 4.78. The van der Waals surface area contributed by atoms with E-state index in [2.05, 4.69) is 51.3 Å². The van der Waals surface area contributed by atoms with Gasteiger partial charge in [0.2, 0.25) is 0 Å². The zero-order chi connectivity index (χ0) is 17.2. The first kappa shape index (κ1) is 15.3. The van der Waals surface area contributed by atoms with Crippen molar-refractivity contribution in [1.82, 2.24) is 20.2 Å². The molecule has 0 radical (unpaired) electrons. The maximum Gasteiger partial charge on any atom is 0.148 e. The summed E-state index contributed by atoms with van der Waals surface area (Å²) in [5.41, 5.74) is 5.14. The van der Waals surface area contributed by atoms with Crippen molar-refractivity contribution in [2.24, 2.45) is 0 Å². The Bertz CT molecular complexity index is 980. The quantitative estimate of drug-likeness (QED) is 0.609. The van der Waals surface area contributed by atoms with Crippen molar-refractivity contribution >= 4 is 16.9 Å². The molecule has 1 N–H and O–H groups in total. The highest BCUT2D eigenvalue weighted by Crippen LogP contribution is 2.26. The molecule has 124 valence electrons. The minimum Gasteiger partial charge on any atom is -0.352 e. The minimum absolute atomic E-state index is 0.221. The molecule has 5 heteroatoms. The largest absolute Gasteiger partial charge is 0.352 e. The standard InChI is InChI=1S/C20H19N5/c1-14(15-6-4-3-5-7-15)25(2)20-13-21-19-10-16(8-9-18(19)24-20)17-11-22-23-12-17/h3-14H,1-2H3,(H,22,23)/t14-/m0/s1. The summed E-state index contributed by atoms with van der Waals surface area (Å²) in [6.45, 7) is 2.17. The van der Waals surface area contributed by atoms with Crippen molar-refractivity contribution in [2.75, 3.05) is 11.9 Å². The van der Waals surface area contributed by atoms with Gasteiger partial charge >= 0.3 is 0 Å². The van der Waals surface area contributed by atoms with Crippen molar-refractivity contribution in [3.63, 3.8) is 0 Å². The molecule has 25 heavy (non-hydrogen) atoms. The summed E-state index contributed by atoms with van der Waals surface area (Å²) in [7, 11) is 2.05. The van der Waals surface area contributed by atoms with E-state index in [4.69, 9.17) is 4.98 Å². The Hall–Kier alpha value is -3.21. The number of nitrogens with zero attached hydrogens (tertiary/aromatic N) is 4. The van der Waals surface area contributed by atoms with Crippen LogP contribution in [0.1, 0.15) is 18.5 Å². The second kappa shape index (κ2) is 6.36.